The number of piperazine rings is 1. The molecular formula is C17H24N4O. The Balaban J connectivity index is 1.42. The Hall–Kier alpha value is -1.85. The van der Waals surface area contributed by atoms with Crippen LogP contribution in [0.2, 0.25) is 0 Å². The molecule has 0 spiro atoms. The van der Waals surface area contributed by atoms with Gasteiger partial charge in [0.2, 0.25) is 5.91 Å². The smallest absolute Gasteiger partial charge is 0.221 e. The van der Waals surface area contributed by atoms with Crippen molar-refractivity contribution in [2.45, 2.75) is 13.0 Å². The Labute approximate surface area is 131 Å². The van der Waals surface area contributed by atoms with Gasteiger partial charge >= 0.3 is 0 Å². The highest BCUT2D eigenvalue weighted by Crippen LogP contribution is 2.14. The number of rotatable bonds is 5. The lowest BCUT2D eigenvalue weighted by Crippen LogP contribution is -2.45. The number of likely N-dealkylation sites (N-methyl/N-ethyl adjacent to an activating group) is 1. The number of hydrogen-bond acceptors (Lipinski definition) is 3. The molecule has 0 radical (unpaired) electrons. The van der Waals surface area contributed by atoms with Crippen molar-refractivity contribution < 1.29 is 4.79 Å². The number of benzene rings is 1. The molecule has 3 rings (SSSR count). The monoisotopic (exact) mass is 300 g/mol. The van der Waals surface area contributed by atoms with Gasteiger partial charge in [0, 0.05) is 50.4 Å². The van der Waals surface area contributed by atoms with E-state index in [4.69, 9.17) is 0 Å². The molecular weight excluding hydrogens is 276 g/mol. The number of carbonyl (C=O) groups excluding carboxylic acids is 1. The van der Waals surface area contributed by atoms with E-state index in [2.05, 4.69) is 39.3 Å². The molecule has 1 fully saturated rings. The minimum atomic E-state index is 0.123. The van der Waals surface area contributed by atoms with Gasteiger partial charge in [-0.25, -0.2) is 0 Å². The molecule has 1 aromatic heterocycles. The number of fused-ring (bicyclic) bond motifs is 1. The van der Waals surface area contributed by atoms with Crippen LogP contribution < -0.4 is 5.32 Å². The van der Waals surface area contributed by atoms with Crippen LogP contribution in [0.4, 0.5) is 0 Å². The third-order valence-electron chi connectivity index (χ3n) is 4.31. The zero-order chi connectivity index (χ0) is 15.4. The van der Waals surface area contributed by atoms with Crippen LogP contribution in [0.25, 0.3) is 10.9 Å². The average molecular weight is 300 g/mol. The summed E-state index contributed by atoms with van der Waals surface area (Å²) in [6.45, 7) is 5.73. The van der Waals surface area contributed by atoms with Crippen LogP contribution in [-0.2, 0) is 11.3 Å². The Morgan fingerprint density at radius 3 is 2.77 bits per heavy atom. The molecule has 2 heterocycles. The van der Waals surface area contributed by atoms with Gasteiger partial charge in [-0.1, -0.05) is 18.2 Å². The third kappa shape index (κ3) is 3.87. The lowest BCUT2D eigenvalue weighted by Gasteiger charge is -2.32. The SMILES string of the molecule is CN1CCN(CCC(=O)NCc2cc3ccccc3[nH]2)CC1. The summed E-state index contributed by atoms with van der Waals surface area (Å²) in [6.07, 6.45) is 0.573. The van der Waals surface area contributed by atoms with Crippen molar-refractivity contribution >= 4 is 16.8 Å². The van der Waals surface area contributed by atoms with Crippen LogP contribution in [0.15, 0.2) is 30.3 Å². The van der Waals surface area contributed by atoms with E-state index in [9.17, 15) is 4.79 Å². The molecule has 22 heavy (non-hydrogen) atoms. The van der Waals surface area contributed by atoms with E-state index in [1.54, 1.807) is 0 Å². The van der Waals surface area contributed by atoms with Gasteiger partial charge in [0.05, 0.1) is 6.54 Å². The van der Waals surface area contributed by atoms with Crippen molar-refractivity contribution in [2.24, 2.45) is 0 Å². The second kappa shape index (κ2) is 6.94. The first-order chi connectivity index (χ1) is 10.7. The molecule has 1 aliphatic rings. The maximum Gasteiger partial charge on any atom is 0.221 e. The Kier molecular flexibility index (Phi) is 4.75. The number of amides is 1. The van der Waals surface area contributed by atoms with E-state index in [0.29, 0.717) is 13.0 Å². The highest BCUT2D eigenvalue weighted by molar-refractivity contribution is 5.80. The predicted molar refractivity (Wildman–Crippen MR) is 88.7 cm³/mol. The highest BCUT2D eigenvalue weighted by Gasteiger charge is 2.14. The standard InChI is InChI=1S/C17H24N4O/c1-20-8-10-21(11-9-20)7-6-17(22)18-13-15-12-14-4-2-3-5-16(14)19-15/h2-5,12,19H,6-11,13H2,1H3,(H,18,22). The summed E-state index contributed by atoms with van der Waals surface area (Å²) in [6, 6.07) is 10.3. The molecule has 0 saturated carbocycles. The molecule has 118 valence electrons. The third-order valence-corrected chi connectivity index (χ3v) is 4.31. The lowest BCUT2D eigenvalue weighted by molar-refractivity contribution is -0.121. The van der Waals surface area contributed by atoms with Crippen molar-refractivity contribution in [2.75, 3.05) is 39.8 Å². The lowest BCUT2D eigenvalue weighted by atomic mass is 10.2. The topological polar surface area (TPSA) is 51.4 Å². The minimum Gasteiger partial charge on any atom is -0.357 e. The zero-order valence-electron chi connectivity index (χ0n) is 13.1. The summed E-state index contributed by atoms with van der Waals surface area (Å²) in [5.41, 5.74) is 2.17. The number of hydrogen-bond donors (Lipinski definition) is 2. The molecule has 0 bridgehead atoms. The van der Waals surface area contributed by atoms with Gasteiger partial charge in [-0.2, -0.15) is 0 Å². The van der Waals surface area contributed by atoms with E-state index in [1.807, 2.05) is 18.2 Å². The van der Waals surface area contributed by atoms with Crippen molar-refractivity contribution in [3.05, 3.63) is 36.0 Å². The van der Waals surface area contributed by atoms with E-state index < -0.39 is 0 Å². The Morgan fingerprint density at radius 1 is 1.23 bits per heavy atom. The average Bonchev–Trinajstić information content (AvgIpc) is 2.95. The van der Waals surface area contributed by atoms with Crippen LogP contribution in [0.3, 0.4) is 0 Å². The molecule has 2 N–H and O–H groups in total. The molecule has 5 heteroatoms. The van der Waals surface area contributed by atoms with Gasteiger partial charge in [0.25, 0.3) is 0 Å². The van der Waals surface area contributed by atoms with Crippen LogP contribution in [0, 0.1) is 0 Å². The Bertz CT molecular complexity index is 595. The first-order valence-corrected chi connectivity index (χ1v) is 7.95. The maximum absolute atomic E-state index is 12.0. The summed E-state index contributed by atoms with van der Waals surface area (Å²) in [5, 5.41) is 4.19. The molecule has 1 saturated heterocycles. The van der Waals surface area contributed by atoms with Gasteiger partial charge in [0.1, 0.15) is 0 Å². The van der Waals surface area contributed by atoms with Crippen molar-refractivity contribution in [1.82, 2.24) is 20.1 Å². The number of carbonyl (C=O) groups is 1. The molecule has 1 aliphatic heterocycles. The van der Waals surface area contributed by atoms with Crippen molar-refractivity contribution in [1.29, 1.82) is 0 Å². The number of para-hydroxylation sites is 1. The fraction of sp³-hybridized carbons (Fsp3) is 0.471. The molecule has 0 unspecified atom stereocenters. The highest BCUT2D eigenvalue weighted by atomic mass is 16.1. The normalized spacial score (nSPS) is 17.0. The van der Waals surface area contributed by atoms with Gasteiger partial charge in [-0.15, -0.1) is 0 Å². The van der Waals surface area contributed by atoms with Gasteiger partial charge in [-0.3, -0.25) is 4.79 Å². The number of nitrogens with one attached hydrogen (secondary N) is 2. The summed E-state index contributed by atoms with van der Waals surface area (Å²) >= 11 is 0. The van der Waals surface area contributed by atoms with Crippen molar-refractivity contribution in [3.63, 3.8) is 0 Å². The van der Waals surface area contributed by atoms with Crippen LogP contribution in [-0.4, -0.2) is 60.5 Å². The summed E-state index contributed by atoms with van der Waals surface area (Å²) < 4.78 is 0. The molecule has 0 atom stereocenters. The maximum atomic E-state index is 12.0. The fourth-order valence-electron chi connectivity index (χ4n) is 2.84. The first-order valence-electron chi connectivity index (χ1n) is 7.95. The molecule has 1 aromatic carbocycles. The molecule has 0 aliphatic carbocycles. The van der Waals surface area contributed by atoms with Gasteiger partial charge in [-0.05, 0) is 24.6 Å². The minimum absolute atomic E-state index is 0.123. The predicted octanol–water partition coefficient (Wildman–Crippen LogP) is 1.42. The molecule has 1 amide bonds. The number of aromatic nitrogens is 1. The van der Waals surface area contributed by atoms with Gasteiger partial charge in [0.15, 0.2) is 0 Å². The summed E-state index contributed by atoms with van der Waals surface area (Å²) in [4.78, 5) is 20.0. The first kappa shape index (κ1) is 15.1. The fourth-order valence-corrected chi connectivity index (χ4v) is 2.84. The van der Waals surface area contributed by atoms with Gasteiger partial charge < -0.3 is 20.1 Å². The summed E-state index contributed by atoms with van der Waals surface area (Å²) in [7, 11) is 2.14. The largest absolute Gasteiger partial charge is 0.357 e. The number of aromatic amines is 1. The van der Waals surface area contributed by atoms with E-state index >= 15 is 0 Å². The van der Waals surface area contributed by atoms with Crippen LogP contribution in [0.1, 0.15) is 12.1 Å². The number of nitrogens with zero attached hydrogens (tertiary/aromatic N) is 2. The van der Waals surface area contributed by atoms with Crippen molar-refractivity contribution in [3.8, 4) is 0 Å². The number of H-pyrrole nitrogens is 1. The van der Waals surface area contributed by atoms with E-state index in [1.165, 1.54) is 5.39 Å². The molecule has 2 aromatic rings. The second-order valence-electron chi connectivity index (χ2n) is 6.05. The van der Waals surface area contributed by atoms with E-state index in [-0.39, 0.29) is 5.91 Å². The van der Waals surface area contributed by atoms with Crippen LogP contribution in [0.5, 0.6) is 0 Å². The quantitative estimate of drug-likeness (QED) is 0.878. The Morgan fingerprint density at radius 2 is 2.00 bits per heavy atom. The molecule has 5 nitrogen and oxygen atoms in total. The van der Waals surface area contributed by atoms with Crippen LogP contribution >= 0.6 is 0 Å². The second-order valence-corrected chi connectivity index (χ2v) is 6.05. The zero-order valence-corrected chi connectivity index (χ0v) is 13.1. The summed E-state index contributed by atoms with van der Waals surface area (Å²) in [5.74, 6) is 0.123. The van der Waals surface area contributed by atoms with E-state index in [0.717, 1.165) is 43.9 Å².